The molecular formula is C12H18ClNO2. The van der Waals surface area contributed by atoms with E-state index in [2.05, 4.69) is 19.3 Å². The van der Waals surface area contributed by atoms with Crippen molar-refractivity contribution in [3.05, 3.63) is 28.3 Å². The van der Waals surface area contributed by atoms with Crippen molar-refractivity contribution in [3.8, 4) is 5.75 Å². The van der Waals surface area contributed by atoms with Gasteiger partial charge in [-0.25, -0.2) is 0 Å². The summed E-state index contributed by atoms with van der Waals surface area (Å²) in [4.78, 5) is 4.85. The zero-order chi connectivity index (χ0) is 12.1. The minimum atomic E-state index is 0.417. The van der Waals surface area contributed by atoms with E-state index in [0.717, 1.165) is 5.56 Å². The largest absolute Gasteiger partial charge is 0.495 e. The molecule has 0 bridgehead atoms. The average molecular weight is 244 g/mol. The molecule has 0 fully saturated rings. The van der Waals surface area contributed by atoms with Gasteiger partial charge in [0.1, 0.15) is 5.75 Å². The number of rotatable bonds is 5. The molecule has 1 aromatic rings. The number of ether oxygens (including phenoxy) is 1. The number of methoxy groups -OCH3 is 1. The van der Waals surface area contributed by atoms with Crippen molar-refractivity contribution in [2.24, 2.45) is 0 Å². The van der Waals surface area contributed by atoms with Crippen molar-refractivity contribution in [2.75, 3.05) is 14.2 Å². The van der Waals surface area contributed by atoms with Crippen LogP contribution in [0.15, 0.2) is 12.1 Å². The van der Waals surface area contributed by atoms with Crippen LogP contribution in [-0.4, -0.2) is 14.2 Å². The standard InChI is InChI=1S/C12H18ClNO2/c1-8(2)10-6-12(15-3)11(13)5-9(10)7-14-16-4/h5-6,8,14H,7H2,1-4H3. The third kappa shape index (κ3) is 3.11. The molecule has 0 amide bonds. The maximum absolute atomic E-state index is 6.09. The molecule has 3 nitrogen and oxygen atoms in total. The van der Waals surface area contributed by atoms with Crippen molar-refractivity contribution >= 4 is 11.6 Å². The van der Waals surface area contributed by atoms with E-state index in [9.17, 15) is 0 Å². The molecule has 16 heavy (non-hydrogen) atoms. The summed E-state index contributed by atoms with van der Waals surface area (Å²) < 4.78 is 5.21. The predicted molar refractivity (Wildman–Crippen MR) is 65.9 cm³/mol. The molecule has 90 valence electrons. The second-order valence-electron chi connectivity index (χ2n) is 3.87. The molecule has 0 atom stereocenters. The van der Waals surface area contributed by atoms with E-state index >= 15 is 0 Å². The molecule has 0 heterocycles. The molecule has 1 aromatic carbocycles. The first-order valence-electron chi connectivity index (χ1n) is 5.22. The zero-order valence-electron chi connectivity index (χ0n) is 10.1. The van der Waals surface area contributed by atoms with E-state index in [1.807, 2.05) is 12.1 Å². The average Bonchev–Trinajstić information content (AvgIpc) is 2.25. The molecule has 1 N–H and O–H groups in total. The van der Waals surface area contributed by atoms with E-state index in [-0.39, 0.29) is 0 Å². The lowest BCUT2D eigenvalue weighted by Crippen LogP contribution is -2.13. The highest BCUT2D eigenvalue weighted by molar-refractivity contribution is 6.32. The van der Waals surface area contributed by atoms with E-state index in [1.54, 1.807) is 14.2 Å². The van der Waals surface area contributed by atoms with Crippen LogP contribution in [0.1, 0.15) is 30.9 Å². The maximum Gasteiger partial charge on any atom is 0.137 e. The summed E-state index contributed by atoms with van der Waals surface area (Å²) in [6, 6.07) is 3.90. The smallest absolute Gasteiger partial charge is 0.137 e. The summed E-state index contributed by atoms with van der Waals surface area (Å²) in [5.41, 5.74) is 5.17. The van der Waals surface area contributed by atoms with Crippen molar-refractivity contribution in [1.29, 1.82) is 0 Å². The Bertz CT molecular complexity index is 353. The van der Waals surface area contributed by atoms with Gasteiger partial charge in [0.2, 0.25) is 0 Å². The first-order chi connectivity index (χ1) is 7.60. The summed E-state index contributed by atoms with van der Waals surface area (Å²) in [6.07, 6.45) is 0. The SMILES string of the molecule is CONCc1cc(Cl)c(OC)cc1C(C)C. The molecule has 4 heteroatoms. The van der Waals surface area contributed by atoms with Crippen LogP contribution in [0, 0.1) is 0 Å². The number of benzene rings is 1. The quantitative estimate of drug-likeness (QED) is 0.806. The highest BCUT2D eigenvalue weighted by atomic mass is 35.5. The highest BCUT2D eigenvalue weighted by Crippen LogP contribution is 2.31. The Balaban J connectivity index is 3.09. The Morgan fingerprint density at radius 1 is 1.31 bits per heavy atom. The lowest BCUT2D eigenvalue weighted by atomic mass is 9.97. The molecule has 0 aliphatic rings. The van der Waals surface area contributed by atoms with Crippen LogP contribution < -0.4 is 10.2 Å². The summed E-state index contributed by atoms with van der Waals surface area (Å²) in [6.45, 7) is 4.91. The number of hydrogen-bond donors (Lipinski definition) is 1. The van der Waals surface area contributed by atoms with Gasteiger partial charge >= 0.3 is 0 Å². The molecule has 0 saturated carbocycles. The van der Waals surface area contributed by atoms with Gasteiger partial charge < -0.3 is 9.57 Å². The number of halogens is 1. The lowest BCUT2D eigenvalue weighted by Gasteiger charge is -2.15. The highest BCUT2D eigenvalue weighted by Gasteiger charge is 2.11. The van der Waals surface area contributed by atoms with Gasteiger partial charge in [-0.3, -0.25) is 0 Å². The van der Waals surface area contributed by atoms with Gasteiger partial charge in [-0.2, -0.15) is 5.48 Å². The second-order valence-corrected chi connectivity index (χ2v) is 4.27. The van der Waals surface area contributed by atoms with E-state index in [4.69, 9.17) is 21.2 Å². The van der Waals surface area contributed by atoms with E-state index in [1.165, 1.54) is 5.56 Å². The summed E-state index contributed by atoms with van der Waals surface area (Å²) in [5.74, 6) is 1.13. The Morgan fingerprint density at radius 3 is 2.50 bits per heavy atom. The van der Waals surface area contributed by atoms with Crippen molar-refractivity contribution in [3.63, 3.8) is 0 Å². The minimum Gasteiger partial charge on any atom is -0.495 e. The lowest BCUT2D eigenvalue weighted by molar-refractivity contribution is 0.0865. The van der Waals surface area contributed by atoms with E-state index in [0.29, 0.717) is 23.2 Å². The monoisotopic (exact) mass is 243 g/mol. The van der Waals surface area contributed by atoms with Crippen LogP contribution in [0.4, 0.5) is 0 Å². The van der Waals surface area contributed by atoms with Gasteiger partial charge in [0.15, 0.2) is 0 Å². The van der Waals surface area contributed by atoms with Gasteiger partial charge in [-0.15, -0.1) is 0 Å². The van der Waals surface area contributed by atoms with E-state index < -0.39 is 0 Å². The first kappa shape index (κ1) is 13.3. The molecular weight excluding hydrogens is 226 g/mol. The Labute approximate surface area is 102 Å². The topological polar surface area (TPSA) is 30.5 Å². The normalized spacial score (nSPS) is 10.9. The van der Waals surface area contributed by atoms with Gasteiger partial charge in [0.25, 0.3) is 0 Å². The Morgan fingerprint density at radius 2 is 2.00 bits per heavy atom. The van der Waals surface area contributed by atoms with Crippen molar-refractivity contribution in [2.45, 2.75) is 26.3 Å². The Hall–Kier alpha value is -0.770. The molecule has 0 aromatic heterocycles. The zero-order valence-corrected chi connectivity index (χ0v) is 10.9. The second kappa shape index (κ2) is 6.09. The van der Waals surface area contributed by atoms with Crippen LogP contribution in [0.2, 0.25) is 5.02 Å². The molecule has 0 aliphatic heterocycles. The summed E-state index contributed by atoms with van der Waals surface area (Å²) in [5, 5.41) is 0.625. The summed E-state index contributed by atoms with van der Waals surface area (Å²) >= 11 is 6.09. The molecule has 0 radical (unpaired) electrons. The third-order valence-electron chi connectivity index (χ3n) is 2.44. The summed E-state index contributed by atoms with van der Waals surface area (Å²) in [7, 11) is 3.22. The minimum absolute atomic E-state index is 0.417. The van der Waals surface area contributed by atoms with Crippen molar-refractivity contribution in [1.82, 2.24) is 5.48 Å². The maximum atomic E-state index is 6.09. The van der Waals surface area contributed by atoms with Crippen LogP contribution >= 0.6 is 11.6 Å². The van der Waals surface area contributed by atoms with Gasteiger partial charge in [-0.1, -0.05) is 25.4 Å². The number of hydrogen-bond acceptors (Lipinski definition) is 3. The fourth-order valence-corrected chi connectivity index (χ4v) is 1.87. The molecule has 1 rings (SSSR count). The van der Waals surface area contributed by atoms with Crippen LogP contribution in [0.5, 0.6) is 5.75 Å². The molecule has 0 aliphatic carbocycles. The van der Waals surface area contributed by atoms with Crippen LogP contribution in [0.3, 0.4) is 0 Å². The predicted octanol–water partition coefficient (Wildman–Crippen LogP) is 3.12. The van der Waals surface area contributed by atoms with Crippen molar-refractivity contribution < 1.29 is 9.57 Å². The molecule has 0 spiro atoms. The van der Waals surface area contributed by atoms with Gasteiger partial charge in [0, 0.05) is 6.54 Å². The third-order valence-corrected chi connectivity index (χ3v) is 2.74. The van der Waals surface area contributed by atoms with Crippen LogP contribution in [0.25, 0.3) is 0 Å². The van der Waals surface area contributed by atoms with Gasteiger partial charge in [0.05, 0.1) is 19.2 Å². The fourth-order valence-electron chi connectivity index (χ4n) is 1.61. The van der Waals surface area contributed by atoms with Gasteiger partial charge in [-0.05, 0) is 29.2 Å². The fraction of sp³-hybridized carbons (Fsp3) is 0.500. The molecule has 0 saturated heterocycles. The molecule has 0 unspecified atom stereocenters. The number of nitrogens with one attached hydrogen (secondary N) is 1. The Kier molecular flexibility index (Phi) is 5.06. The first-order valence-corrected chi connectivity index (χ1v) is 5.60. The van der Waals surface area contributed by atoms with Crippen LogP contribution in [-0.2, 0) is 11.4 Å². The number of hydroxylamine groups is 1.